The Labute approximate surface area is 119 Å². The van der Waals surface area contributed by atoms with E-state index in [2.05, 4.69) is 0 Å². The van der Waals surface area contributed by atoms with Crippen molar-refractivity contribution in [2.24, 2.45) is 14.1 Å². The van der Waals surface area contributed by atoms with Gasteiger partial charge in [0.25, 0.3) is 5.56 Å². The molecule has 0 aliphatic carbocycles. The lowest BCUT2D eigenvalue weighted by Crippen LogP contribution is -2.39. The summed E-state index contributed by atoms with van der Waals surface area (Å²) in [6.45, 7) is 0. The molecule has 0 amide bonds. The molecule has 0 bridgehead atoms. The zero-order chi connectivity index (χ0) is 15.0. The monoisotopic (exact) mass is 293 g/mol. The topological polar surface area (TPSA) is 87.1 Å². The minimum Gasteiger partial charge on any atom is -0.398 e. The van der Waals surface area contributed by atoms with Crippen LogP contribution in [-0.2, 0) is 14.1 Å². The number of aryl methyl sites for hydroxylation is 1. The van der Waals surface area contributed by atoms with Crippen LogP contribution in [0.15, 0.2) is 34.0 Å². The van der Waals surface area contributed by atoms with E-state index in [0.29, 0.717) is 0 Å². The van der Waals surface area contributed by atoms with Gasteiger partial charge in [-0.1, -0.05) is 17.7 Å². The van der Waals surface area contributed by atoms with E-state index in [1.807, 2.05) is 0 Å². The predicted octanol–water partition coefficient (Wildman–Crippen LogP) is 0.551. The molecule has 1 heterocycles. The van der Waals surface area contributed by atoms with Crippen molar-refractivity contribution in [3.8, 4) is 0 Å². The molecule has 0 aliphatic heterocycles. The zero-order valence-corrected chi connectivity index (χ0v) is 11.6. The first kappa shape index (κ1) is 14.1. The molecule has 1 aromatic heterocycles. The summed E-state index contributed by atoms with van der Waals surface area (Å²) in [6.07, 6.45) is 1.20. The number of nitrogens with two attached hydrogens (primary N) is 1. The van der Waals surface area contributed by atoms with E-state index in [1.165, 1.54) is 26.4 Å². The molecule has 0 radical (unpaired) electrons. The van der Waals surface area contributed by atoms with Crippen molar-refractivity contribution in [3.63, 3.8) is 0 Å². The van der Waals surface area contributed by atoms with E-state index in [9.17, 15) is 14.4 Å². The van der Waals surface area contributed by atoms with Crippen LogP contribution in [0.3, 0.4) is 0 Å². The van der Waals surface area contributed by atoms with Gasteiger partial charge in [-0.05, 0) is 12.1 Å². The Morgan fingerprint density at radius 2 is 1.85 bits per heavy atom. The smallest absolute Gasteiger partial charge is 0.330 e. The fraction of sp³-hybridized carbons (Fsp3) is 0.154. The molecule has 2 rings (SSSR count). The highest BCUT2D eigenvalue weighted by atomic mass is 35.5. The van der Waals surface area contributed by atoms with E-state index >= 15 is 0 Å². The van der Waals surface area contributed by atoms with Gasteiger partial charge in [0.2, 0.25) is 5.78 Å². The first-order chi connectivity index (χ1) is 9.34. The van der Waals surface area contributed by atoms with Gasteiger partial charge < -0.3 is 10.3 Å². The van der Waals surface area contributed by atoms with Crippen molar-refractivity contribution in [2.75, 3.05) is 5.73 Å². The van der Waals surface area contributed by atoms with Crippen LogP contribution < -0.4 is 17.0 Å². The number of nitrogens with zero attached hydrogens (tertiary/aromatic N) is 2. The lowest BCUT2D eigenvalue weighted by atomic mass is 10.1. The molecule has 0 unspecified atom stereocenters. The lowest BCUT2D eigenvalue weighted by Gasteiger charge is -2.08. The Balaban J connectivity index is 2.70. The molecule has 2 aromatic rings. The predicted molar refractivity (Wildman–Crippen MR) is 76.2 cm³/mol. The van der Waals surface area contributed by atoms with Gasteiger partial charge >= 0.3 is 5.69 Å². The van der Waals surface area contributed by atoms with E-state index in [4.69, 9.17) is 17.3 Å². The van der Waals surface area contributed by atoms with Crippen molar-refractivity contribution in [2.45, 2.75) is 0 Å². The average molecular weight is 294 g/mol. The molecule has 0 spiro atoms. The minimum atomic E-state index is -0.670. The highest BCUT2D eigenvalue weighted by Crippen LogP contribution is 2.24. The summed E-state index contributed by atoms with van der Waals surface area (Å²) >= 11 is 5.98. The molecule has 0 saturated carbocycles. The number of rotatable bonds is 2. The van der Waals surface area contributed by atoms with Crippen LogP contribution in [0.5, 0.6) is 0 Å². The third-order valence-electron chi connectivity index (χ3n) is 2.96. The Morgan fingerprint density at radius 3 is 2.50 bits per heavy atom. The summed E-state index contributed by atoms with van der Waals surface area (Å²) in [5.41, 5.74) is 4.70. The van der Waals surface area contributed by atoms with Gasteiger partial charge in [0.1, 0.15) is 5.56 Å². The molecule has 104 valence electrons. The quantitative estimate of drug-likeness (QED) is 0.647. The molecule has 2 N–H and O–H groups in total. The number of carbonyl (C=O) groups excluding carboxylic acids is 1. The summed E-state index contributed by atoms with van der Waals surface area (Å²) in [5.74, 6) is -0.571. The van der Waals surface area contributed by atoms with E-state index in [-0.39, 0.29) is 21.8 Å². The maximum Gasteiger partial charge on any atom is 0.330 e. The van der Waals surface area contributed by atoms with Crippen molar-refractivity contribution in [1.29, 1.82) is 0 Å². The average Bonchev–Trinajstić information content (AvgIpc) is 2.43. The number of anilines is 1. The van der Waals surface area contributed by atoms with Gasteiger partial charge in [-0.25, -0.2) is 4.79 Å². The number of benzene rings is 1. The summed E-state index contributed by atoms with van der Waals surface area (Å²) in [7, 11) is 2.77. The third kappa shape index (κ3) is 2.14. The van der Waals surface area contributed by atoms with Crippen molar-refractivity contribution in [3.05, 3.63) is 61.4 Å². The third-order valence-corrected chi connectivity index (χ3v) is 3.39. The van der Waals surface area contributed by atoms with E-state index in [0.717, 1.165) is 9.13 Å². The number of ketones is 1. The molecule has 1 aromatic carbocycles. The van der Waals surface area contributed by atoms with Crippen LogP contribution in [0.1, 0.15) is 15.9 Å². The van der Waals surface area contributed by atoms with Gasteiger partial charge in [0.05, 0.1) is 10.7 Å². The minimum absolute atomic E-state index is 0.0911. The summed E-state index contributed by atoms with van der Waals surface area (Å²) in [6, 6.07) is 4.60. The second kappa shape index (κ2) is 4.97. The molecule has 0 atom stereocenters. The normalized spacial score (nSPS) is 10.6. The first-order valence-electron chi connectivity index (χ1n) is 5.70. The zero-order valence-electron chi connectivity index (χ0n) is 10.9. The molecule has 0 aliphatic rings. The largest absolute Gasteiger partial charge is 0.398 e. The summed E-state index contributed by atoms with van der Waals surface area (Å²) < 4.78 is 2.03. The molecular weight excluding hydrogens is 282 g/mol. The van der Waals surface area contributed by atoms with E-state index < -0.39 is 17.0 Å². The fourth-order valence-electron chi connectivity index (χ4n) is 1.83. The lowest BCUT2D eigenvalue weighted by molar-refractivity contribution is 0.103. The van der Waals surface area contributed by atoms with Crippen molar-refractivity contribution >= 4 is 23.1 Å². The Morgan fingerprint density at radius 1 is 1.20 bits per heavy atom. The van der Waals surface area contributed by atoms with Gasteiger partial charge in [-0.3, -0.25) is 14.2 Å². The van der Waals surface area contributed by atoms with Crippen LogP contribution in [0.2, 0.25) is 5.02 Å². The maximum absolute atomic E-state index is 12.4. The molecule has 0 saturated heterocycles. The van der Waals surface area contributed by atoms with Crippen LogP contribution in [0.4, 0.5) is 5.69 Å². The number of nitrogen functional groups attached to an aromatic ring is 1. The Bertz CT molecular complexity index is 821. The Hall–Kier alpha value is -2.34. The Kier molecular flexibility index (Phi) is 3.50. The van der Waals surface area contributed by atoms with Crippen molar-refractivity contribution in [1.82, 2.24) is 9.13 Å². The number of aromatic nitrogens is 2. The maximum atomic E-state index is 12.4. The van der Waals surface area contributed by atoms with E-state index in [1.54, 1.807) is 12.1 Å². The number of halogens is 1. The van der Waals surface area contributed by atoms with Crippen LogP contribution in [-0.4, -0.2) is 14.9 Å². The van der Waals surface area contributed by atoms with Gasteiger partial charge in [0.15, 0.2) is 0 Å². The van der Waals surface area contributed by atoms with Crippen LogP contribution in [0.25, 0.3) is 0 Å². The number of hydrogen-bond donors (Lipinski definition) is 1. The van der Waals surface area contributed by atoms with Gasteiger partial charge in [0, 0.05) is 25.9 Å². The molecule has 0 fully saturated rings. The SMILES string of the molecule is Cn1cc(C(=O)c2cccc(N)c2Cl)c(=O)n(C)c1=O. The van der Waals surface area contributed by atoms with Crippen LogP contribution in [0, 0.1) is 0 Å². The van der Waals surface area contributed by atoms with Gasteiger partial charge in [-0.2, -0.15) is 0 Å². The van der Waals surface area contributed by atoms with Crippen molar-refractivity contribution < 1.29 is 4.79 Å². The molecule has 7 heteroatoms. The number of carbonyl (C=O) groups is 1. The second-order valence-electron chi connectivity index (χ2n) is 4.34. The summed E-state index contributed by atoms with van der Waals surface area (Å²) in [5, 5.41) is 0.0911. The molecule has 20 heavy (non-hydrogen) atoms. The summed E-state index contributed by atoms with van der Waals surface area (Å²) in [4.78, 5) is 36.0. The first-order valence-corrected chi connectivity index (χ1v) is 6.07. The van der Waals surface area contributed by atoms with Gasteiger partial charge in [-0.15, -0.1) is 0 Å². The molecule has 6 nitrogen and oxygen atoms in total. The molecular formula is C13H12ClN3O3. The highest BCUT2D eigenvalue weighted by molar-refractivity contribution is 6.37. The fourth-order valence-corrected chi connectivity index (χ4v) is 2.05. The second-order valence-corrected chi connectivity index (χ2v) is 4.72. The van der Waals surface area contributed by atoms with Crippen LogP contribution >= 0.6 is 11.6 Å². The standard InChI is InChI=1S/C13H12ClN3O3/c1-16-6-8(12(19)17(2)13(16)20)11(18)7-4-3-5-9(15)10(7)14/h3-6H,15H2,1-2H3. The number of hydrogen-bond acceptors (Lipinski definition) is 4. The highest BCUT2D eigenvalue weighted by Gasteiger charge is 2.19.